The van der Waals surface area contributed by atoms with Crippen LogP contribution in [0.2, 0.25) is 0 Å². The third-order valence-corrected chi connectivity index (χ3v) is 4.62. The number of benzene rings is 2. The van der Waals surface area contributed by atoms with Crippen molar-refractivity contribution in [3.63, 3.8) is 0 Å². The zero-order valence-electron chi connectivity index (χ0n) is 18.0. The van der Waals surface area contributed by atoms with Gasteiger partial charge in [-0.1, -0.05) is 65.1 Å². The first-order valence-electron chi connectivity index (χ1n) is 10.3. The van der Waals surface area contributed by atoms with Gasteiger partial charge in [-0.25, -0.2) is 0 Å². The van der Waals surface area contributed by atoms with Gasteiger partial charge in [-0.05, 0) is 51.7 Å². The fraction of sp³-hybridized carbons (Fsp3) is 0.440. The van der Waals surface area contributed by atoms with Crippen LogP contribution >= 0.6 is 0 Å². The number of rotatable bonds is 10. The van der Waals surface area contributed by atoms with Crippen molar-refractivity contribution in [2.75, 3.05) is 0 Å². The molecule has 156 valence electrons. The predicted molar refractivity (Wildman–Crippen MR) is 115 cm³/mol. The maximum atomic E-state index is 11.9. The zero-order valence-corrected chi connectivity index (χ0v) is 18.0. The molecule has 0 saturated carbocycles. The molecule has 0 amide bonds. The molecule has 0 aliphatic rings. The van der Waals surface area contributed by atoms with Gasteiger partial charge in [0.25, 0.3) is 0 Å². The molecular formula is C25H32O4. The van der Waals surface area contributed by atoms with Crippen molar-refractivity contribution in [2.45, 2.75) is 73.0 Å². The van der Waals surface area contributed by atoms with Crippen LogP contribution in [0.1, 0.15) is 65.5 Å². The second-order valence-electron chi connectivity index (χ2n) is 7.87. The van der Waals surface area contributed by atoms with Crippen molar-refractivity contribution in [3.8, 4) is 0 Å². The Balaban J connectivity index is 1.56. The molecule has 0 saturated heterocycles. The molecule has 0 unspecified atom stereocenters. The summed E-state index contributed by atoms with van der Waals surface area (Å²) in [5, 5.41) is 0. The smallest absolute Gasteiger partial charge is 0.306 e. The minimum atomic E-state index is -0.193. The van der Waals surface area contributed by atoms with Crippen molar-refractivity contribution in [2.24, 2.45) is 0 Å². The number of aryl methyl sites for hydroxylation is 4. The number of hydrogen-bond donors (Lipinski definition) is 0. The highest BCUT2D eigenvalue weighted by molar-refractivity contribution is 5.70. The van der Waals surface area contributed by atoms with Crippen LogP contribution < -0.4 is 0 Å². The summed E-state index contributed by atoms with van der Waals surface area (Å²) in [6, 6.07) is 12.3. The molecule has 2 rings (SSSR count). The lowest BCUT2D eigenvalue weighted by atomic mass is 10.1. The van der Waals surface area contributed by atoms with E-state index in [2.05, 4.69) is 12.1 Å². The number of unbranched alkanes of at least 4 members (excludes halogenated alkanes) is 2. The van der Waals surface area contributed by atoms with Crippen molar-refractivity contribution < 1.29 is 19.1 Å². The largest absolute Gasteiger partial charge is 0.461 e. The first kappa shape index (κ1) is 22.7. The van der Waals surface area contributed by atoms with Gasteiger partial charge in [0.15, 0.2) is 0 Å². The van der Waals surface area contributed by atoms with Gasteiger partial charge in [-0.3, -0.25) is 9.59 Å². The number of carbonyl (C=O) groups is 2. The van der Waals surface area contributed by atoms with Gasteiger partial charge in [0, 0.05) is 12.8 Å². The van der Waals surface area contributed by atoms with Crippen molar-refractivity contribution in [3.05, 3.63) is 69.8 Å². The highest BCUT2D eigenvalue weighted by Gasteiger charge is 2.07. The van der Waals surface area contributed by atoms with Gasteiger partial charge in [0.05, 0.1) is 0 Å². The minimum absolute atomic E-state index is 0.193. The van der Waals surface area contributed by atoms with Gasteiger partial charge in [-0.15, -0.1) is 0 Å². The van der Waals surface area contributed by atoms with Crippen molar-refractivity contribution in [1.82, 2.24) is 0 Å². The van der Waals surface area contributed by atoms with Crippen LogP contribution in [-0.4, -0.2) is 11.9 Å². The van der Waals surface area contributed by atoms with Crippen LogP contribution in [0.15, 0.2) is 36.4 Å². The van der Waals surface area contributed by atoms with E-state index in [1.807, 2.05) is 52.0 Å². The molecule has 0 aliphatic carbocycles. The molecule has 4 heteroatoms. The summed E-state index contributed by atoms with van der Waals surface area (Å²) in [7, 11) is 0. The molecule has 0 fully saturated rings. The fourth-order valence-corrected chi connectivity index (χ4v) is 3.49. The zero-order chi connectivity index (χ0) is 21.2. The molecule has 0 heterocycles. The van der Waals surface area contributed by atoms with Crippen LogP contribution in [0.3, 0.4) is 0 Å². The summed E-state index contributed by atoms with van der Waals surface area (Å²) in [5.74, 6) is -0.386. The van der Waals surface area contributed by atoms with E-state index in [9.17, 15) is 9.59 Å². The second kappa shape index (κ2) is 11.4. The topological polar surface area (TPSA) is 52.6 Å². The lowest BCUT2D eigenvalue weighted by Crippen LogP contribution is -2.06. The first-order valence-corrected chi connectivity index (χ1v) is 10.3. The Bertz CT molecular complexity index is 729. The monoisotopic (exact) mass is 396 g/mol. The maximum absolute atomic E-state index is 11.9. The quantitative estimate of drug-likeness (QED) is 0.384. The van der Waals surface area contributed by atoms with Gasteiger partial charge in [0.1, 0.15) is 13.2 Å². The van der Waals surface area contributed by atoms with Crippen molar-refractivity contribution in [1.29, 1.82) is 0 Å². The molecule has 0 aromatic heterocycles. The van der Waals surface area contributed by atoms with E-state index >= 15 is 0 Å². The highest BCUT2D eigenvalue weighted by atomic mass is 16.5. The third-order valence-electron chi connectivity index (χ3n) is 4.62. The SMILES string of the molecule is Cc1cc(C)cc(COC(=O)CCCCCC(=O)OCc2cc(C)cc(C)c2)c1. The summed E-state index contributed by atoms with van der Waals surface area (Å²) < 4.78 is 10.7. The predicted octanol–water partition coefficient (Wildman–Crippen LogP) is 5.66. The normalized spacial score (nSPS) is 10.6. The summed E-state index contributed by atoms with van der Waals surface area (Å²) >= 11 is 0. The molecule has 0 atom stereocenters. The maximum Gasteiger partial charge on any atom is 0.306 e. The van der Waals surface area contributed by atoms with Crippen molar-refractivity contribution >= 4 is 11.9 Å². The summed E-state index contributed by atoms with van der Waals surface area (Å²) in [4.78, 5) is 23.8. The Kier molecular flexibility index (Phi) is 8.91. The molecule has 0 bridgehead atoms. The molecule has 4 nitrogen and oxygen atoms in total. The van der Waals surface area contributed by atoms with E-state index < -0.39 is 0 Å². The van der Waals surface area contributed by atoms with Gasteiger partial charge >= 0.3 is 11.9 Å². The summed E-state index contributed by atoms with van der Waals surface area (Å²) in [6.07, 6.45) is 2.99. The summed E-state index contributed by atoms with van der Waals surface area (Å²) in [5.41, 5.74) is 6.70. The Morgan fingerprint density at radius 2 is 0.931 bits per heavy atom. The number of ether oxygens (including phenoxy) is 2. The standard InChI is InChI=1S/C25H32O4/c1-18-10-19(2)13-22(12-18)16-28-24(26)8-6-5-7-9-25(27)29-17-23-14-20(3)11-21(4)15-23/h10-15H,5-9,16-17H2,1-4H3. The Morgan fingerprint density at radius 1 is 0.586 bits per heavy atom. The fourth-order valence-electron chi connectivity index (χ4n) is 3.49. The van der Waals surface area contributed by atoms with Crippen LogP contribution in [-0.2, 0) is 32.3 Å². The lowest BCUT2D eigenvalue weighted by Gasteiger charge is -2.08. The first-order chi connectivity index (χ1) is 13.8. The van der Waals surface area contributed by atoms with Crippen LogP contribution in [0, 0.1) is 27.7 Å². The molecular weight excluding hydrogens is 364 g/mol. The highest BCUT2D eigenvalue weighted by Crippen LogP contribution is 2.13. The molecule has 2 aromatic rings. The Hall–Kier alpha value is -2.62. The third kappa shape index (κ3) is 8.95. The average Bonchev–Trinajstić information content (AvgIpc) is 2.63. The Labute approximate surface area is 174 Å². The molecule has 0 spiro atoms. The van der Waals surface area contributed by atoms with E-state index in [1.165, 1.54) is 22.3 Å². The van der Waals surface area contributed by atoms with E-state index in [-0.39, 0.29) is 11.9 Å². The van der Waals surface area contributed by atoms with E-state index in [0.717, 1.165) is 30.4 Å². The van der Waals surface area contributed by atoms with Gasteiger partial charge in [-0.2, -0.15) is 0 Å². The molecule has 29 heavy (non-hydrogen) atoms. The van der Waals surface area contributed by atoms with Crippen LogP contribution in [0.25, 0.3) is 0 Å². The van der Waals surface area contributed by atoms with Crippen LogP contribution in [0.4, 0.5) is 0 Å². The van der Waals surface area contributed by atoms with Gasteiger partial charge < -0.3 is 9.47 Å². The molecule has 0 N–H and O–H groups in total. The average molecular weight is 397 g/mol. The van der Waals surface area contributed by atoms with E-state index in [4.69, 9.17) is 9.47 Å². The number of hydrogen-bond acceptors (Lipinski definition) is 4. The number of esters is 2. The van der Waals surface area contributed by atoms with Crippen LogP contribution in [0.5, 0.6) is 0 Å². The van der Waals surface area contributed by atoms with Gasteiger partial charge in [0.2, 0.25) is 0 Å². The van der Waals surface area contributed by atoms with E-state index in [1.54, 1.807) is 0 Å². The van der Waals surface area contributed by atoms with E-state index in [0.29, 0.717) is 26.1 Å². The minimum Gasteiger partial charge on any atom is -0.461 e. The number of carbonyl (C=O) groups excluding carboxylic acids is 2. The lowest BCUT2D eigenvalue weighted by molar-refractivity contribution is -0.145. The second-order valence-corrected chi connectivity index (χ2v) is 7.87. The molecule has 0 aliphatic heterocycles. The summed E-state index contributed by atoms with van der Waals surface area (Å²) in [6.45, 7) is 8.76. The Morgan fingerprint density at radius 3 is 1.28 bits per heavy atom. The molecule has 2 aromatic carbocycles. The molecule has 0 radical (unpaired) electrons.